The molecule has 1 heterocycles. The number of benzene rings is 1. The molecule has 0 aliphatic carbocycles. The maximum atomic E-state index is 5.67. The summed E-state index contributed by atoms with van der Waals surface area (Å²) < 4.78 is 7.87. The molecule has 0 unspecified atom stereocenters. The number of rotatable bonds is 7. The number of nitrogens with zero attached hydrogens (tertiary/aromatic N) is 2. The van der Waals surface area contributed by atoms with Gasteiger partial charge in [0.15, 0.2) is 0 Å². The van der Waals surface area contributed by atoms with Gasteiger partial charge in [0.05, 0.1) is 6.61 Å². The van der Waals surface area contributed by atoms with E-state index in [-0.39, 0.29) is 0 Å². The lowest BCUT2D eigenvalue weighted by molar-refractivity contribution is 0.301. The van der Waals surface area contributed by atoms with Crippen molar-refractivity contribution < 1.29 is 4.74 Å². The summed E-state index contributed by atoms with van der Waals surface area (Å²) in [6, 6.07) is 7.50. The second kappa shape index (κ2) is 6.83. The fraction of sp³-hybridized carbons (Fsp3) is 0.400. The Labute approximate surface area is 114 Å². The van der Waals surface area contributed by atoms with Crippen LogP contribution in [0.25, 0.3) is 0 Å². The fourth-order valence-corrected chi connectivity index (χ4v) is 1.98. The molecule has 1 aromatic heterocycles. The van der Waals surface area contributed by atoms with E-state index in [0.29, 0.717) is 6.61 Å². The van der Waals surface area contributed by atoms with Crippen LogP contribution in [0.15, 0.2) is 36.7 Å². The first-order chi connectivity index (χ1) is 9.29. The molecule has 2 aromatic rings. The van der Waals surface area contributed by atoms with Crippen molar-refractivity contribution in [2.45, 2.75) is 32.7 Å². The van der Waals surface area contributed by atoms with Crippen LogP contribution in [0.2, 0.25) is 0 Å². The molecule has 0 atom stereocenters. The summed E-state index contributed by atoms with van der Waals surface area (Å²) in [6.07, 6.45) is 7.03. The molecule has 2 rings (SSSR count). The van der Waals surface area contributed by atoms with Crippen molar-refractivity contribution in [2.75, 3.05) is 12.3 Å². The predicted octanol–water partition coefficient (Wildman–Crippen LogP) is 2.89. The molecule has 0 radical (unpaired) electrons. The zero-order chi connectivity index (χ0) is 13.5. The van der Waals surface area contributed by atoms with Gasteiger partial charge >= 0.3 is 0 Å². The molecule has 0 fully saturated rings. The highest BCUT2D eigenvalue weighted by atomic mass is 16.5. The highest BCUT2D eigenvalue weighted by molar-refractivity contribution is 5.41. The van der Waals surface area contributed by atoms with Gasteiger partial charge < -0.3 is 15.0 Å². The lowest BCUT2D eigenvalue weighted by Gasteiger charge is -2.09. The summed E-state index contributed by atoms with van der Waals surface area (Å²) in [5, 5.41) is 0. The lowest BCUT2D eigenvalue weighted by Crippen LogP contribution is -2.07. The zero-order valence-electron chi connectivity index (χ0n) is 11.4. The minimum Gasteiger partial charge on any atom is -0.494 e. The van der Waals surface area contributed by atoms with Crippen LogP contribution in [0.4, 0.5) is 5.69 Å². The van der Waals surface area contributed by atoms with E-state index in [2.05, 4.69) is 16.5 Å². The van der Waals surface area contributed by atoms with Crippen LogP contribution in [0.1, 0.15) is 25.6 Å². The molecule has 0 bridgehead atoms. The highest BCUT2D eigenvalue weighted by Crippen LogP contribution is 2.13. The van der Waals surface area contributed by atoms with E-state index in [0.717, 1.165) is 43.1 Å². The van der Waals surface area contributed by atoms with E-state index in [9.17, 15) is 0 Å². The number of nitrogens with two attached hydrogens (primary N) is 1. The second-order valence-corrected chi connectivity index (χ2v) is 4.56. The quantitative estimate of drug-likeness (QED) is 0.614. The Morgan fingerprint density at radius 3 is 2.79 bits per heavy atom. The molecule has 1 aromatic carbocycles. The Balaban J connectivity index is 1.74. The largest absolute Gasteiger partial charge is 0.494 e. The molecule has 0 aliphatic heterocycles. The van der Waals surface area contributed by atoms with Crippen molar-refractivity contribution >= 4 is 5.69 Å². The van der Waals surface area contributed by atoms with Gasteiger partial charge in [-0.15, -0.1) is 0 Å². The summed E-state index contributed by atoms with van der Waals surface area (Å²) in [7, 11) is 0. The summed E-state index contributed by atoms with van der Waals surface area (Å²) >= 11 is 0. The summed E-state index contributed by atoms with van der Waals surface area (Å²) in [4.78, 5) is 4.36. The fourth-order valence-electron chi connectivity index (χ4n) is 1.98. The van der Waals surface area contributed by atoms with Crippen LogP contribution in [-0.4, -0.2) is 16.2 Å². The van der Waals surface area contributed by atoms with E-state index in [1.54, 1.807) is 0 Å². The lowest BCUT2D eigenvalue weighted by atomic mass is 10.3. The Bertz CT molecular complexity index is 490. The third-order valence-electron chi connectivity index (χ3n) is 2.97. The average molecular weight is 259 g/mol. The van der Waals surface area contributed by atoms with Crippen LogP contribution in [0, 0.1) is 0 Å². The van der Waals surface area contributed by atoms with Gasteiger partial charge in [0.2, 0.25) is 0 Å². The summed E-state index contributed by atoms with van der Waals surface area (Å²) in [6.45, 7) is 3.82. The Kier molecular flexibility index (Phi) is 4.84. The van der Waals surface area contributed by atoms with Crippen molar-refractivity contribution in [1.82, 2.24) is 9.55 Å². The number of ether oxygens (including phenoxy) is 1. The molecular formula is C15H21N3O. The smallest absolute Gasteiger partial charge is 0.119 e. The molecule has 19 heavy (non-hydrogen) atoms. The van der Waals surface area contributed by atoms with Crippen molar-refractivity contribution in [2.24, 2.45) is 0 Å². The number of imidazole rings is 1. The van der Waals surface area contributed by atoms with Gasteiger partial charge in [-0.2, -0.15) is 0 Å². The average Bonchev–Trinajstić information content (AvgIpc) is 2.85. The minimum absolute atomic E-state index is 0.702. The minimum atomic E-state index is 0.702. The number of aryl methyl sites for hydroxylation is 2. The first-order valence-electron chi connectivity index (χ1n) is 6.78. The van der Waals surface area contributed by atoms with Crippen molar-refractivity contribution in [3.8, 4) is 5.75 Å². The Morgan fingerprint density at radius 1 is 1.26 bits per heavy atom. The number of hydrogen-bond acceptors (Lipinski definition) is 3. The predicted molar refractivity (Wildman–Crippen MR) is 77.2 cm³/mol. The van der Waals surface area contributed by atoms with Crippen LogP contribution in [0.5, 0.6) is 5.75 Å². The monoisotopic (exact) mass is 259 g/mol. The van der Waals surface area contributed by atoms with E-state index in [4.69, 9.17) is 10.5 Å². The molecule has 4 heteroatoms. The SMILES string of the molecule is CCCc1nccn1CCCOc1ccc(N)cc1. The van der Waals surface area contributed by atoms with Gasteiger partial charge in [-0.05, 0) is 37.1 Å². The maximum absolute atomic E-state index is 5.67. The van der Waals surface area contributed by atoms with Crippen LogP contribution >= 0.6 is 0 Å². The van der Waals surface area contributed by atoms with Gasteiger partial charge in [-0.3, -0.25) is 0 Å². The second-order valence-electron chi connectivity index (χ2n) is 4.56. The third-order valence-corrected chi connectivity index (χ3v) is 2.97. The van der Waals surface area contributed by atoms with E-state index in [1.807, 2.05) is 36.7 Å². The number of nitrogen functional groups attached to an aromatic ring is 1. The van der Waals surface area contributed by atoms with Gasteiger partial charge in [-0.1, -0.05) is 6.92 Å². The Morgan fingerprint density at radius 2 is 2.05 bits per heavy atom. The molecule has 0 saturated heterocycles. The van der Waals surface area contributed by atoms with Gasteiger partial charge in [0.1, 0.15) is 11.6 Å². The maximum Gasteiger partial charge on any atom is 0.119 e. The van der Waals surface area contributed by atoms with Gasteiger partial charge in [0, 0.05) is 31.0 Å². The number of anilines is 1. The first-order valence-corrected chi connectivity index (χ1v) is 6.78. The molecule has 2 N–H and O–H groups in total. The molecule has 0 aliphatic rings. The molecular weight excluding hydrogens is 238 g/mol. The van der Waals surface area contributed by atoms with Crippen molar-refractivity contribution in [1.29, 1.82) is 0 Å². The molecule has 0 saturated carbocycles. The third kappa shape index (κ3) is 4.02. The standard InChI is InChI=1S/C15H21N3O/c1-2-4-15-17-9-11-18(15)10-3-12-19-14-7-5-13(16)6-8-14/h5-9,11H,2-4,10,12,16H2,1H3. The number of hydrogen-bond donors (Lipinski definition) is 1. The van der Waals surface area contributed by atoms with Gasteiger partial charge in [-0.25, -0.2) is 4.98 Å². The van der Waals surface area contributed by atoms with E-state index in [1.165, 1.54) is 0 Å². The van der Waals surface area contributed by atoms with Gasteiger partial charge in [0.25, 0.3) is 0 Å². The first kappa shape index (κ1) is 13.5. The topological polar surface area (TPSA) is 53.1 Å². The van der Waals surface area contributed by atoms with Crippen molar-refractivity contribution in [3.05, 3.63) is 42.5 Å². The van der Waals surface area contributed by atoms with Crippen LogP contribution in [0.3, 0.4) is 0 Å². The molecule has 0 amide bonds. The molecule has 0 spiro atoms. The number of aromatic nitrogens is 2. The Hall–Kier alpha value is -1.97. The highest BCUT2D eigenvalue weighted by Gasteiger charge is 2.01. The molecule has 4 nitrogen and oxygen atoms in total. The van der Waals surface area contributed by atoms with E-state index < -0.39 is 0 Å². The van der Waals surface area contributed by atoms with E-state index >= 15 is 0 Å². The zero-order valence-corrected chi connectivity index (χ0v) is 11.4. The molecule has 102 valence electrons. The van der Waals surface area contributed by atoms with Crippen LogP contribution < -0.4 is 10.5 Å². The van der Waals surface area contributed by atoms with Crippen LogP contribution in [-0.2, 0) is 13.0 Å². The normalized spacial score (nSPS) is 10.6. The van der Waals surface area contributed by atoms with Crippen molar-refractivity contribution in [3.63, 3.8) is 0 Å². The summed E-state index contributed by atoms with van der Waals surface area (Å²) in [5.41, 5.74) is 6.38. The summed E-state index contributed by atoms with van der Waals surface area (Å²) in [5.74, 6) is 2.03.